The summed E-state index contributed by atoms with van der Waals surface area (Å²) in [6.07, 6.45) is -0.478. The molecule has 0 saturated heterocycles. The van der Waals surface area contributed by atoms with Crippen molar-refractivity contribution in [3.8, 4) is 0 Å². The quantitative estimate of drug-likeness (QED) is 0.381. The smallest absolute Gasteiger partial charge is 0.303 e. The average molecular weight is 453 g/mol. The van der Waals surface area contributed by atoms with Gasteiger partial charge in [-0.25, -0.2) is 4.98 Å². The first kappa shape index (κ1) is 23.0. The minimum atomic E-state index is -1.06. The summed E-state index contributed by atoms with van der Waals surface area (Å²) >= 11 is 1.31. The molecule has 1 heterocycles. The SMILES string of the molecule is Cc1csc(NC(=O)c2ccc(CNc3ccccc3C)cc2NC(=O)CCC(=O)O)n1. The van der Waals surface area contributed by atoms with Gasteiger partial charge in [0.1, 0.15) is 0 Å². The first-order chi connectivity index (χ1) is 15.3. The van der Waals surface area contributed by atoms with Crippen LogP contribution in [0.3, 0.4) is 0 Å². The molecule has 9 heteroatoms. The minimum absolute atomic E-state index is 0.187. The third kappa shape index (κ3) is 6.39. The Kier molecular flexibility index (Phi) is 7.56. The van der Waals surface area contributed by atoms with Gasteiger partial charge in [-0.15, -0.1) is 11.3 Å². The van der Waals surface area contributed by atoms with Crippen molar-refractivity contribution < 1.29 is 19.5 Å². The van der Waals surface area contributed by atoms with Gasteiger partial charge in [-0.3, -0.25) is 19.7 Å². The summed E-state index contributed by atoms with van der Waals surface area (Å²) in [5.74, 6) is -1.95. The van der Waals surface area contributed by atoms with Crippen molar-refractivity contribution in [2.24, 2.45) is 0 Å². The number of aliphatic carboxylic acids is 1. The maximum atomic E-state index is 12.8. The number of carbonyl (C=O) groups is 3. The van der Waals surface area contributed by atoms with Crippen molar-refractivity contribution in [1.29, 1.82) is 0 Å². The van der Waals surface area contributed by atoms with E-state index < -0.39 is 17.8 Å². The summed E-state index contributed by atoms with van der Waals surface area (Å²) in [5, 5.41) is 19.9. The second kappa shape index (κ2) is 10.5. The first-order valence-corrected chi connectivity index (χ1v) is 10.9. The highest BCUT2D eigenvalue weighted by Gasteiger charge is 2.16. The van der Waals surface area contributed by atoms with E-state index in [0.29, 0.717) is 17.4 Å². The maximum Gasteiger partial charge on any atom is 0.303 e. The maximum absolute atomic E-state index is 12.8. The number of aryl methyl sites for hydroxylation is 2. The number of para-hydroxylation sites is 1. The second-order valence-corrected chi connectivity index (χ2v) is 8.10. The molecular formula is C23H24N4O4S. The molecule has 3 rings (SSSR count). The summed E-state index contributed by atoms with van der Waals surface area (Å²) in [4.78, 5) is 40.1. The topological polar surface area (TPSA) is 120 Å². The number of carbonyl (C=O) groups excluding carboxylic acids is 2. The minimum Gasteiger partial charge on any atom is -0.481 e. The zero-order valence-corrected chi connectivity index (χ0v) is 18.6. The van der Waals surface area contributed by atoms with Crippen LogP contribution in [0.2, 0.25) is 0 Å². The molecule has 0 aliphatic heterocycles. The van der Waals surface area contributed by atoms with Gasteiger partial charge in [-0.2, -0.15) is 0 Å². The highest BCUT2D eigenvalue weighted by Crippen LogP contribution is 2.23. The van der Waals surface area contributed by atoms with E-state index in [1.165, 1.54) is 11.3 Å². The van der Waals surface area contributed by atoms with Crippen molar-refractivity contribution in [1.82, 2.24) is 4.98 Å². The Morgan fingerprint density at radius 2 is 1.78 bits per heavy atom. The summed E-state index contributed by atoms with van der Waals surface area (Å²) in [5.41, 5.74) is 4.31. The van der Waals surface area contributed by atoms with Crippen molar-refractivity contribution in [3.63, 3.8) is 0 Å². The molecule has 2 amide bonds. The van der Waals surface area contributed by atoms with Gasteiger partial charge in [-0.05, 0) is 43.2 Å². The number of nitrogens with one attached hydrogen (secondary N) is 3. The molecule has 4 N–H and O–H groups in total. The number of carboxylic acids is 1. The molecule has 0 aliphatic carbocycles. The lowest BCUT2D eigenvalue weighted by Crippen LogP contribution is -2.19. The Bertz CT molecular complexity index is 1140. The van der Waals surface area contributed by atoms with E-state index in [1.54, 1.807) is 18.2 Å². The van der Waals surface area contributed by atoms with E-state index >= 15 is 0 Å². The van der Waals surface area contributed by atoms with Crippen LogP contribution in [0.4, 0.5) is 16.5 Å². The number of rotatable bonds is 9. The lowest BCUT2D eigenvalue weighted by atomic mass is 10.1. The Balaban J connectivity index is 1.80. The zero-order chi connectivity index (χ0) is 23.1. The van der Waals surface area contributed by atoms with Gasteiger partial charge in [0, 0.05) is 24.0 Å². The molecule has 2 aromatic carbocycles. The third-order valence-corrected chi connectivity index (χ3v) is 5.51. The molecule has 0 spiro atoms. The second-order valence-electron chi connectivity index (χ2n) is 7.24. The number of nitrogens with zero attached hydrogens (tertiary/aromatic N) is 1. The van der Waals surface area contributed by atoms with Gasteiger partial charge in [0.05, 0.1) is 23.4 Å². The molecule has 32 heavy (non-hydrogen) atoms. The number of amides is 2. The Morgan fingerprint density at radius 3 is 2.47 bits per heavy atom. The van der Waals surface area contributed by atoms with Crippen LogP contribution in [-0.2, 0) is 16.1 Å². The van der Waals surface area contributed by atoms with Gasteiger partial charge < -0.3 is 15.7 Å². The average Bonchev–Trinajstić information content (AvgIpc) is 3.16. The van der Waals surface area contributed by atoms with E-state index in [-0.39, 0.29) is 18.4 Å². The number of thiazole rings is 1. The lowest BCUT2D eigenvalue weighted by Gasteiger charge is -2.14. The standard InChI is InChI=1S/C23H24N4O4S/c1-14-5-3-4-6-18(14)24-12-16-7-8-17(22(31)27-23-25-15(2)13-32-23)19(11-16)26-20(28)9-10-21(29)30/h3-8,11,13,24H,9-10,12H2,1-2H3,(H,26,28)(H,29,30)(H,25,27,31). The predicted molar refractivity (Wildman–Crippen MR) is 125 cm³/mol. The van der Waals surface area contributed by atoms with Crippen molar-refractivity contribution in [2.45, 2.75) is 33.2 Å². The molecule has 0 fully saturated rings. The molecule has 0 aliphatic rings. The molecular weight excluding hydrogens is 428 g/mol. The number of hydrogen-bond donors (Lipinski definition) is 4. The fourth-order valence-corrected chi connectivity index (χ4v) is 3.66. The zero-order valence-electron chi connectivity index (χ0n) is 17.8. The molecule has 3 aromatic rings. The van der Waals surface area contributed by atoms with E-state index in [1.807, 2.05) is 43.5 Å². The normalized spacial score (nSPS) is 10.4. The molecule has 0 bridgehead atoms. The van der Waals surface area contributed by atoms with E-state index in [9.17, 15) is 14.4 Å². The molecule has 0 unspecified atom stereocenters. The molecule has 0 saturated carbocycles. The van der Waals surface area contributed by atoms with Gasteiger partial charge in [0.15, 0.2) is 5.13 Å². The van der Waals surface area contributed by atoms with Gasteiger partial charge in [-0.1, -0.05) is 24.3 Å². The molecule has 0 atom stereocenters. The lowest BCUT2D eigenvalue weighted by molar-refractivity contribution is -0.138. The predicted octanol–water partition coefficient (Wildman–Crippen LogP) is 4.43. The number of hydrogen-bond acceptors (Lipinski definition) is 6. The van der Waals surface area contributed by atoms with Gasteiger partial charge in [0.2, 0.25) is 5.91 Å². The molecule has 1 aromatic heterocycles. The molecule has 8 nitrogen and oxygen atoms in total. The molecule has 166 valence electrons. The number of benzene rings is 2. The van der Waals surface area contributed by atoms with Crippen molar-refractivity contribution in [3.05, 3.63) is 70.2 Å². The number of aromatic nitrogens is 1. The van der Waals surface area contributed by atoms with Crippen LogP contribution in [0.25, 0.3) is 0 Å². The van der Waals surface area contributed by atoms with Crippen LogP contribution < -0.4 is 16.0 Å². The highest BCUT2D eigenvalue weighted by molar-refractivity contribution is 7.13. The number of carboxylic acid groups (broad SMARTS) is 1. The Morgan fingerprint density at radius 1 is 1.00 bits per heavy atom. The summed E-state index contributed by atoms with van der Waals surface area (Å²) in [7, 11) is 0. The third-order valence-electron chi connectivity index (χ3n) is 4.64. The Labute approximate surface area is 189 Å². The van der Waals surface area contributed by atoms with E-state index in [4.69, 9.17) is 5.11 Å². The van der Waals surface area contributed by atoms with Crippen LogP contribution in [0.5, 0.6) is 0 Å². The van der Waals surface area contributed by atoms with Crippen LogP contribution in [-0.4, -0.2) is 27.9 Å². The summed E-state index contributed by atoms with van der Waals surface area (Å²) in [6.45, 7) is 4.32. The van der Waals surface area contributed by atoms with Crippen LogP contribution >= 0.6 is 11.3 Å². The van der Waals surface area contributed by atoms with Crippen molar-refractivity contribution >= 4 is 45.6 Å². The van der Waals surface area contributed by atoms with Crippen LogP contribution in [0.15, 0.2) is 47.8 Å². The van der Waals surface area contributed by atoms with Crippen molar-refractivity contribution in [2.75, 3.05) is 16.0 Å². The van der Waals surface area contributed by atoms with Crippen LogP contribution in [0, 0.1) is 13.8 Å². The molecule has 0 radical (unpaired) electrons. The van der Waals surface area contributed by atoms with Gasteiger partial charge >= 0.3 is 5.97 Å². The fourth-order valence-electron chi connectivity index (χ4n) is 2.98. The Hall–Kier alpha value is -3.72. The summed E-state index contributed by atoms with van der Waals surface area (Å²) < 4.78 is 0. The first-order valence-electron chi connectivity index (χ1n) is 9.99. The number of anilines is 3. The van der Waals surface area contributed by atoms with Gasteiger partial charge in [0.25, 0.3) is 5.91 Å². The monoisotopic (exact) mass is 452 g/mol. The largest absolute Gasteiger partial charge is 0.481 e. The summed E-state index contributed by atoms with van der Waals surface area (Å²) in [6, 6.07) is 13.0. The van der Waals surface area contributed by atoms with E-state index in [2.05, 4.69) is 20.9 Å². The van der Waals surface area contributed by atoms with Crippen LogP contribution in [0.1, 0.15) is 40.0 Å². The highest BCUT2D eigenvalue weighted by atomic mass is 32.1. The van der Waals surface area contributed by atoms with E-state index in [0.717, 1.165) is 22.5 Å². The fraction of sp³-hybridized carbons (Fsp3) is 0.217.